The molecule has 1 saturated heterocycles. The van der Waals surface area contributed by atoms with Crippen molar-refractivity contribution in [3.63, 3.8) is 0 Å². The molecule has 1 aliphatic rings. The second-order valence-electron chi connectivity index (χ2n) is 3.98. The van der Waals surface area contributed by atoms with E-state index in [2.05, 4.69) is 20.0 Å². The number of rotatable bonds is 3. The summed E-state index contributed by atoms with van der Waals surface area (Å²) in [5.74, 6) is -0.302. The third-order valence-electron chi connectivity index (χ3n) is 2.67. The molecule has 5 nitrogen and oxygen atoms in total. The number of hydrogen-bond acceptors (Lipinski definition) is 6. The minimum absolute atomic E-state index is 0.302. The number of aromatic nitrogens is 1. The highest BCUT2D eigenvalue weighted by molar-refractivity contribution is 7.09. The molecule has 0 amide bonds. The molecule has 0 bridgehead atoms. The third kappa shape index (κ3) is 3.24. The van der Waals surface area contributed by atoms with Crippen molar-refractivity contribution in [3.05, 3.63) is 16.1 Å². The SMILES string of the molecule is COC(=O)C1CN(Cc2csc(C)n2)CCO1. The molecule has 1 aliphatic heterocycles. The topological polar surface area (TPSA) is 51.7 Å². The maximum absolute atomic E-state index is 11.4. The Balaban J connectivity index is 1.91. The minimum Gasteiger partial charge on any atom is -0.467 e. The van der Waals surface area contributed by atoms with E-state index in [0.717, 1.165) is 23.8 Å². The molecule has 1 aromatic heterocycles. The lowest BCUT2D eigenvalue weighted by molar-refractivity contribution is -0.160. The van der Waals surface area contributed by atoms with Gasteiger partial charge >= 0.3 is 5.97 Å². The molecule has 1 aromatic rings. The average molecular weight is 256 g/mol. The van der Waals surface area contributed by atoms with Crippen LogP contribution in [0.2, 0.25) is 0 Å². The first-order valence-corrected chi connectivity index (χ1v) is 6.40. The summed E-state index contributed by atoms with van der Waals surface area (Å²) < 4.78 is 10.1. The normalized spacial score (nSPS) is 21.4. The summed E-state index contributed by atoms with van der Waals surface area (Å²) in [4.78, 5) is 18.0. The molecule has 0 spiro atoms. The number of carbonyl (C=O) groups excluding carboxylic acids is 1. The van der Waals surface area contributed by atoms with E-state index < -0.39 is 6.10 Å². The van der Waals surface area contributed by atoms with Crippen LogP contribution in [0.5, 0.6) is 0 Å². The predicted octanol–water partition coefficient (Wildman–Crippen LogP) is 0.825. The molecule has 0 saturated carbocycles. The molecular weight excluding hydrogens is 240 g/mol. The van der Waals surface area contributed by atoms with E-state index in [-0.39, 0.29) is 5.97 Å². The zero-order valence-electron chi connectivity index (χ0n) is 10.0. The lowest BCUT2D eigenvalue weighted by Crippen LogP contribution is -2.46. The monoisotopic (exact) mass is 256 g/mol. The lowest BCUT2D eigenvalue weighted by atomic mass is 10.2. The van der Waals surface area contributed by atoms with Crippen LogP contribution in [0.3, 0.4) is 0 Å². The summed E-state index contributed by atoms with van der Waals surface area (Å²) in [6, 6.07) is 0. The Bertz CT molecular complexity index is 394. The van der Waals surface area contributed by atoms with Gasteiger partial charge in [-0.3, -0.25) is 4.90 Å². The van der Waals surface area contributed by atoms with Gasteiger partial charge in [-0.05, 0) is 6.92 Å². The van der Waals surface area contributed by atoms with Gasteiger partial charge in [-0.25, -0.2) is 9.78 Å². The van der Waals surface area contributed by atoms with E-state index in [1.165, 1.54) is 7.11 Å². The number of thiazole rings is 1. The first kappa shape index (κ1) is 12.5. The smallest absolute Gasteiger partial charge is 0.336 e. The Morgan fingerprint density at radius 3 is 3.24 bits per heavy atom. The van der Waals surface area contributed by atoms with Crippen LogP contribution in [0.15, 0.2) is 5.38 Å². The van der Waals surface area contributed by atoms with Crippen LogP contribution < -0.4 is 0 Å². The van der Waals surface area contributed by atoms with Crippen molar-refractivity contribution in [2.24, 2.45) is 0 Å². The fraction of sp³-hybridized carbons (Fsp3) is 0.636. The van der Waals surface area contributed by atoms with Crippen molar-refractivity contribution < 1.29 is 14.3 Å². The largest absolute Gasteiger partial charge is 0.467 e. The van der Waals surface area contributed by atoms with Gasteiger partial charge in [0.1, 0.15) is 0 Å². The van der Waals surface area contributed by atoms with E-state index in [1.54, 1.807) is 11.3 Å². The number of carbonyl (C=O) groups is 1. The molecule has 0 N–H and O–H groups in total. The highest BCUT2D eigenvalue weighted by atomic mass is 32.1. The molecular formula is C11H16N2O3S. The van der Waals surface area contributed by atoms with Crippen LogP contribution in [0, 0.1) is 6.92 Å². The summed E-state index contributed by atoms with van der Waals surface area (Å²) in [5, 5.41) is 3.12. The van der Waals surface area contributed by atoms with Crippen LogP contribution in [0.4, 0.5) is 0 Å². The fourth-order valence-corrected chi connectivity index (χ4v) is 2.43. The summed E-state index contributed by atoms with van der Waals surface area (Å²) in [6.45, 7) is 4.71. The van der Waals surface area contributed by atoms with Crippen molar-refractivity contribution in [1.82, 2.24) is 9.88 Å². The lowest BCUT2D eigenvalue weighted by Gasteiger charge is -2.30. The molecule has 17 heavy (non-hydrogen) atoms. The molecule has 2 rings (SSSR count). The minimum atomic E-state index is -0.464. The van der Waals surface area contributed by atoms with E-state index in [0.29, 0.717) is 13.2 Å². The van der Waals surface area contributed by atoms with Gasteiger partial charge in [0.2, 0.25) is 0 Å². The Labute approximate surface area is 104 Å². The average Bonchev–Trinajstić information content (AvgIpc) is 2.74. The van der Waals surface area contributed by atoms with E-state index in [4.69, 9.17) is 4.74 Å². The van der Waals surface area contributed by atoms with Crippen LogP contribution in [-0.4, -0.2) is 48.8 Å². The number of morpholine rings is 1. The highest BCUT2D eigenvalue weighted by Gasteiger charge is 2.27. The first-order chi connectivity index (χ1) is 8.19. The van der Waals surface area contributed by atoms with Gasteiger partial charge < -0.3 is 9.47 Å². The molecule has 6 heteroatoms. The standard InChI is InChI=1S/C11H16N2O3S/c1-8-12-9(7-17-8)5-13-3-4-16-10(6-13)11(14)15-2/h7,10H,3-6H2,1-2H3. The van der Waals surface area contributed by atoms with Gasteiger partial charge in [0.25, 0.3) is 0 Å². The van der Waals surface area contributed by atoms with Crippen LogP contribution >= 0.6 is 11.3 Å². The Morgan fingerprint density at radius 1 is 1.76 bits per heavy atom. The third-order valence-corrected chi connectivity index (χ3v) is 3.49. The highest BCUT2D eigenvalue weighted by Crippen LogP contribution is 2.13. The molecule has 1 unspecified atom stereocenters. The zero-order valence-corrected chi connectivity index (χ0v) is 10.8. The number of aryl methyl sites for hydroxylation is 1. The molecule has 1 atom stereocenters. The van der Waals surface area contributed by atoms with Gasteiger partial charge in [-0.15, -0.1) is 11.3 Å². The van der Waals surface area contributed by atoms with E-state index in [1.807, 2.05) is 6.92 Å². The summed E-state index contributed by atoms with van der Waals surface area (Å²) in [7, 11) is 1.38. The van der Waals surface area contributed by atoms with Gasteiger partial charge in [0.05, 0.1) is 24.4 Å². The molecule has 0 aliphatic carbocycles. The number of esters is 1. The van der Waals surface area contributed by atoms with Crippen LogP contribution in [-0.2, 0) is 20.8 Å². The van der Waals surface area contributed by atoms with Gasteiger partial charge in [-0.1, -0.05) is 0 Å². The van der Waals surface area contributed by atoms with Gasteiger partial charge in [0, 0.05) is 25.0 Å². The molecule has 2 heterocycles. The molecule has 94 valence electrons. The van der Waals surface area contributed by atoms with Crippen molar-refractivity contribution in [2.45, 2.75) is 19.6 Å². The number of hydrogen-bond donors (Lipinski definition) is 0. The second-order valence-corrected chi connectivity index (χ2v) is 5.04. The van der Waals surface area contributed by atoms with Crippen LogP contribution in [0.1, 0.15) is 10.7 Å². The van der Waals surface area contributed by atoms with Crippen molar-refractivity contribution >= 4 is 17.3 Å². The van der Waals surface area contributed by atoms with Crippen molar-refractivity contribution in [2.75, 3.05) is 26.8 Å². The molecule has 0 radical (unpaired) electrons. The Morgan fingerprint density at radius 2 is 2.59 bits per heavy atom. The quantitative estimate of drug-likeness (QED) is 0.750. The summed E-state index contributed by atoms with van der Waals surface area (Å²) in [5.41, 5.74) is 1.05. The maximum atomic E-state index is 11.4. The van der Waals surface area contributed by atoms with Crippen LogP contribution in [0.25, 0.3) is 0 Å². The van der Waals surface area contributed by atoms with Gasteiger partial charge in [-0.2, -0.15) is 0 Å². The Kier molecular flexibility index (Phi) is 4.09. The molecule has 0 aromatic carbocycles. The summed E-state index contributed by atoms with van der Waals surface area (Å²) in [6.07, 6.45) is -0.464. The van der Waals surface area contributed by atoms with E-state index >= 15 is 0 Å². The Hall–Kier alpha value is -0.980. The number of ether oxygens (including phenoxy) is 2. The van der Waals surface area contributed by atoms with Crippen molar-refractivity contribution in [3.8, 4) is 0 Å². The molecule has 1 fully saturated rings. The van der Waals surface area contributed by atoms with E-state index in [9.17, 15) is 4.79 Å². The summed E-state index contributed by atoms with van der Waals surface area (Å²) >= 11 is 1.64. The maximum Gasteiger partial charge on any atom is 0.336 e. The van der Waals surface area contributed by atoms with Gasteiger partial charge in [0.15, 0.2) is 6.10 Å². The fourth-order valence-electron chi connectivity index (χ4n) is 1.83. The first-order valence-electron chi connectivity index (χ1n) is 5.52. The second kappa shape index (κ2) is 5.57. The zero-order chi connectivity index (χ0) is 12.3. The number of nitrogens with zero attached hydrogens (tertiary/aromatic N) is 2. The van der Waals surface area contributed by atoms with Crippen molar-refractivity contribution in [1.29, 1.82) is 0 Å². The number of methoxy groups -OCH3 is 1. The predicted molar refractivity (Wildman–Crippen MR) is 63.9 cm³/mol.